The number of rotatable bonds is 8. The van der Waals surface area contributed by atoms with Crippen LogP contribution in [0.1, 0.15) is 43.6 Å². The lowest BCUT2D eigenvalue weighted by atomic mass is 10.1. The molecule has 2 atom stereocenters. The van der Waals surface area contributed by atoms with Crippen LogP contribution in [-0.2, 0) is 19.4 Å². The fraction of sp³-hybridized carbons (Fsp3) is 0.571. The van der Waals surface area contributed by atoms with Gasteiger partial charge in [0.15, 0.2) is 11.8 Å². The summed E-state index contributed by atoms with van der Waals surface area (Å²) in [6.45, 7) is 5.75. The lowest BCUT2D eigenvalue weighted by Crippen LogP contribution is -2.47. The number of ether oxygens (including phenoxy) is 2. The minimum atomic E-state index is -0.814. The number of halogens is 1. The third-order valence-electron chi connectivity index (χ3n) is 5.12. The van der Waals surface area contributed by atoms with E-state index in [4.69, 9.17) is 9.47 Å². The number of fused-ring (bicyclic) bond motifs is 1. The summed E-state index contributed by atoms with van der Waals surface area (Å²) >= 11 is 0. The Labute approximate surface area is 200 Å². The smallest absolute Gasteiger partial charge is 0.191 e. The van der Waals surface area contributed by atoms with Crippen LogP contribution in [0.3, 0.4) is 0 Å². The first kappa shape index (κ1) is 25.2. The van der Waals surface area contributed by atoms with E-state index in [1.807, 2.05) is 11.6 Å². The first-order valence-electron chi connectivity index (χ1n) is 10.4. The van der Waals surface area contributed by atoms with Crippen molar-refractivity contribution in [2.45, 2.75) is 51.8 Å². The van der Waals surface area contributed by atoms with E-state index in [0.29, 0.717) is 23.0 Å². The average Bonchev–Trinajstić information content (AvgIpc) is 3.19. The monoisotopic (exact) mass is 544 g/mol. The largest absolute Gasteiger partial charge is 0.497 e. The molecular formula is C21H33IN6O3. The number of benzene rings is 1. The summed E-state index contributed by atoms with van der Waals surface area (Å²) < 4.78 is 12.6. The van der Waals surface area contributed by atoms with Crippen LogP contribution in [0.25, 0.3) is 0 Å². The molecule has 2 heterocycles. The zero-order valence-electron chi connectivity index (χ0n) is 18.6. The van der Waals surface area contributed by atoms with Gasteiger partial charge >= 0.3 is 0 Å². The number of aryl methyl sites for hydroxylation is 2. The Bertz CT molecular complexity index is 873. The molecule has 0 bridgehead atoms. The zero-order chi connectivity index (χ0) is 21.5. The molecule has 0 spiro atoms. The molecule has 0 radical (unpaired) electrons. The van der Waals surface area contributed by atoms with E-state index in [0.717, 1.165) is 44.0 Å². The third-order valence-corrected chi connectivity index (χ3v) is 5.12. The number of aromatic nitrogens is 3. The molecule has 3 rings (SSSR count). The summed E-state index contributed by atoms with van der Waals surface area (Å²) in [5.74, 6) is 3.88. The number of hydrogen-bond acceptors (Lipinski definition) is 6. The second kappa shape index (κ2) is 12.1. The summed E-state index contributed by atoms with van der Waals surface area (Å²) in [5.41, 5.74) is 0.647. The van der Waals surface area contributed by atoms with Crippen molar-refractivity contribution in [2.75, 3.05) is 27.3 Å². The van der Waals surface area contributed by atoms with Gasteiger partial charge in [0.25, 0.3) is 0 Å². The van der Waals surface area contributed by atoms with Crippen LogP contribution in [0, 0.1) is 0 Å². The number of nitrogens with zero attached hydrogens (tertiary/aromatic N) is 4. The van der Waals surface area contributed by atoms with Gasteiger partial charge in [-0.25, -0.2) is 9.67 Å². The number of aliphatic hydroxyl groups is 1. The molecule has 2 unspecified atom stereocenters. The van der Waals surface area contributed by atoms with Crippen molar-refractivity contribution in [1.29, 1.82) is 0 Å². The highest BCUT2D eigenvalue weighted by molar-refractivity contribution is 14.0. The standard InChI is InChI=1S/C21H32N6O3.HI/c1-5-19-25-20-10-7-14(13-27(20)26-19)24-21(22-6-2)23-12-17(28)16-11-15(29-3)8-9-18(16)30-4;/h8-9,11,14,17,28H,5-7,10,12-13H2,1-4H3,(H2,22,23,24);1H. The zero-order valence-corrected chi connectivity index (χ0v) is 20.9. The van der Waals surface area contributed by atoms with Crippen LogP contribution in [0.15, 0.2) is 23.2 Å². The van der Waals surface area contributed by atoms with Gasteiger partial charge in [-0.2, -0.15) is 5.10 Å². The third kappa shape index (κ3) is 6.45. The van der Waals surface area contributed by atoms with E-state index in [9.17, 15) is 5.11 Å². The SMILES string of the molecule is CCNC(=NCC(O)c1cc(OC)ccc1OC)NC1CCc2nc(CC)nn2C1.I. The number of aliphatic hydroxyl groups excluding tert-OH is 1. The van der Waals surface area contributed by atoms with E-state index in [-0.39, 0.29) is 36.6 Å². The molecule has 1 aliphatic rings. The van der Waals surface area contributed by atoms with Gasteiger partial charge in [0.05, 0.1) is 27.3 Å². The number of aliphatic imine (C=N–C) groups is 1. The second-order valence-corrected chi connectivity index (χ2v) is 7.20. The maximum atomic E-state index is 10.7. The molecule has 0 fully saturated rings. The van der Waals surface area contributed by atoms with Crippen LogP contribution >= 0.6 is 24.0 Å². The molecule has 172 valence electrons. The van der Waals surface area contributed by atoms with Gasteiger partial charge in [-0.05, 0) is 31.5 Å². The lowest BCUT2D eigenvalue weighted by Gasteiger charge is -2.25. The molecule has 0 saturated heterocycles. The normalized spacial score (nSPS) is 16.7. The maximum Gasteiger partial charge on any atom is 0.191 e. The van der Waals surface area contributed by atoms with Crippen molar-refractivity contribution in [3.8, 4) is 11.5 Å². The van der Waals surface area contributed by atoms with Gasteiger partial charge in [-0.3, -0.25) is 4.99 Å². The van der Waals surface area contributed by atoms with Crippen molar-refractivity contribution in [2.24, 2.45) is 4.99 Å². The fourth-order valence-corrected chi connectivity index (χ4v) is 3.52. The van der Waals surface area contributed by atoms with Gasteiger partial charge in [-0.1, -0.05) is 6.92 Å². The Morgan fingerprint density at radius 2 is 2.13 bits per heavy atom. The highest BCUT2D eigenvalue weighted by Gasteiger charge is 2.22. The van der Waals surface area contributed by atoms with Crippen molar-refractivity contribution >= 4 is 29.9 Å². The first-order valence-corrected chi connectivity index (χ1v) is 10.4. The molecule has 1 aromatic carbocycles. The summed E-state index contributed by atoms with van der Waals surface area (Å²) in [6.07, 6.45) is 1.87. The molecule has 0 amide bonds. The molecule has 0 saturated carbocycles. The summed E-state index contributed by atoms with van der Waals surface area (Å²) in [5, 5.41) is 22.0. The number of guanidine groups is 1. The topological polar surface area (TPSA) is 106 Å². The minimum Gasteiger partial charge on any atom is -0.497 e. The highest BCUT2D eigenvalue weighted by Crippen LogP contribution is 2.29. The average molecular weight is 544 g/mol. The molecule has 10 heteroatoms. The number of methoxy groups -OCH3 is 2. The van der Waals surface area contributed by atoms with Crippen LogP contribution in [0.4, 0.5) is 0 Å². The lowest BCUT2D eigenvalue weighted by molar-refractivity contribution is 0.182. The Hall–Kier alpha value is -2.08. The predicted molar refractivity (Wildman–Crippen MR) is 131 cm³/mol. The van der Waals surface area contributed by atoms with Crippen molar-refractivity contribution < 1.29 is 14.6 Å². The van der Waals surface area contributed by atoms with Crippen LogP contribution in [0.2, 0.25) is 0 Å². The first-order chi connectivity index (χ1) is 14.6. The molecule has 0 aliphatic carbocycles. The molecule has 1 aliphatic heterocycles. The van der Waals surface area contributed by atoms with Gasteiger partial charge < -0.3 is 25.2 Å². The summed E-state index contributed by atoms with van der Waals surface area (Å²) in [6, 6.07) is 5.56. The highest BCUT2D eigenvalue weighted by atomic mass is 127. The minimum absolute atomic E-state index is 0. The summed E-state index contributed by atoms with van der Waals surface area (Å²) in [4.78, 5) is 9.16. The van der Waals surface area contributed by atoms with Crippen LogP contribution < -0.4 is 20.1 Å². The van der Waals surface area contributed by atoms with Gasteiger partial charge in [0.1, 0.15) is 23.4 Å². The molecule has 9 nitrogen and oxygen atoms in total. The molecular weight excluding hydrogens is 511 g/mol. The Morgan fingerprint density at radius 1 is 1.32 bits per heavy atom. The van der Waals surface area contributed by atoms with Crippen molar-refractivity contribution in [3.63, 3.8) is 0 Å². The predicted octanol–water partition coefficient (Wildman–Crippen LogP) is 2.08. The quantitative estimate of drug-likeness (QED) is 0.266. The van der Waals surface area contributed by atoms with Crippen molar-refractivity contribution in [1.82, 2.24) is 25.4 Å². The Kier molecular flexibility index (Phi) is 9.82. The second-order valence-electron chi connectivity index (χ2n) is 7.20. The van der Waals surface area contributed by atoms with E-state index >= 15 is 0 Å². The van der Waals surface area contributed by atoms with Gasteiger partial charge in [-0.15, -0.1) is 24.0 Å². The molecule has 31 heavy (non-hydrogen) atoms. The van der Waals surface area contributed by atoms with Gasteiger partial charge in [0.2, 0.25) is 0 Å². The van der Waals surface area contributed by atoms with Crippen LogP contribution in [0.5, 0.6) is 11.5 Å². The number of nitrogens with one attached hydrogen (secondary N) is 2. The fourth-order valence-electron chi connectivity index (χ4n) is 3.52. The van der Waals surface area contributed by atoms with Crippen molar-refractivity contribution in [3.05, 3.63) is 35.4 Å². The molecule has 1 aromatic heterocycles. The van der Waals surface area contributed by atoms with E-state index < -0.39 is 6.10 Å². The van der Waals surface area contributed by atoms with E-state index in [1.54, 1.807) is 32.4 Å². The maximum absolute atomic E-state index is 10.7. The van der Waals surface area contributed by atoms with E-state index in [1.165, 1.54) is 0 Å². The number of hydrogen-bond donors (Lipinski definition) is 3. The van der Waals surface area contributed by atoms with E-state index in [2.05, 4.69) is 32.6 Å². The Balaban J connectivity index is 0.00000341. The van der Waals surface area contributed by atoms with Gasteiger partial charge in [0, 0.05) is 31.0 Å². The molecule has 3 N–H and O–H groups in total. The molecule has 2 aromatic rings. The Morgan fingerprint density at radius 3 is 2.81 bits per heavy atom. The summed E-state index contributed by atoms with van der Waals surface area (Å²) in [7, 11) is 3.18. The van der Waals surface area contributed by atoms with Crippen LogP contribution in [-0.4, -0.2) is 59.2 Å².